The Hall–Kier alpha value is -1.69. The van der Waals surface area contributed by atoms with Gasteiger partial charge < -0.3 is 9.15 Å². The molecule has 0 fully saturated rings. The Balaban J connectivity index is 2.45. The molecule has 2 rings (SSSR count). The lowest BCUT2D eigenvalue weighted by Gasteiger charge is -2.03. The summed E-state index contributed by atoms with van der Waals surface area (Å²) in [6.07, 6.45) is -4.63. The molecule has 0 aliphatic heterocycles. The summed E-state index contributed by atoms with van der Waals surface area (Å²) in [7, 11) is 0. The number of halogens is 4. The van der Waals surface area contributed by atoms with Crippen molar-refractivity contribution < 1.29 is 22.3 Å². The van der Waals surface area contributed by atoms with E-state index in [0.717, 1.165) is 0 Å². The monoisotopic (exact) mass is 291 g/mol. The van der Waals surface area contributed by atoms with Crippen molar-refractivity contribution in [2.24, 2.45) is 0 Å². The first-order valence-electron chi connectivity index (χ1n) is 5.38. The van der Waals surface area contributed by atoms with Gasteiger partial charge >= 0.3 is 12.1 Å². The molecule has 0 spiro atoms. The molecule has 0 amide bonds. The van der Waals surface area contributed by atoms with Crippen LogP contribution in [-0.2, 0) is 6.18 Å². The van der Waals surface area contributed by atoms with Gasteiger partial charge in [-0.1, -0.05) is 11.6 Å². The quantitative estimate of drug-likeness (QED) is 0.840. The van der Waals surface area contributed by atoms with Crippen molar-refractivity contribution in [3.63, 3.8) is 0 Å². The van der Waals surface area contributed by atoms with Gasteiger partial charge in [-0.15, -0.1) is 0 Å². The van der Waals surface area contributed by atoms with Crippen LogP contribution in [0.2, 0.25) is 5.02 Å². The lowest BCUT2D eigenvalue weighted by atomic mass is 10.2. The molecule has 7 heteroatoms. The van der Waals surface area contributed by atoms with Crippen molar-refractivity contribution in [2.75, 3.05) is 6.61 Å². The van der Waals surface area contributed by atoms with E-state index in [1.807, 2.05) is 0 Å². The maximum Gasteiger partial charge on any atom is 0.440 e. The molecule has 0 N–H and O–H groups in total. The standard InChI is InChI=1S/C12H9ClF3NO2/c1-2-18-11-9(12(14,15)16)17-10(19-11)7-3-5-8(13)6-4-7/h3-6H,2H2,1H3. The van der Waals surface area contributed by atoms with Crippen molar-refractivity contribution in [2.45, 2.75) is 13.1 Å². The van der Waals surface area contributed by atoms with E-state index < -0.39 is 17.8 Å². The molecule has 0 radical (unpaired) electrons. The van der Waals surface area contributed by atoms with Gasteiger partial charge in [-0.05, 0) is 31.2 Å². The topological polar surface area (TPSA) is 35.3 Å². The maximum absolute atomic E-state index is 12.7. The SMILES string of the molecule is CCOc1oc(-c2ccc(Cl)cc2)nc1C(F)(F)F. The third-order valence-corrected chi connectivity index (χ3v) is 2.48. The highest BCUT2D eigenvalue weighted by Crippen LogP contribution is 2.38. The molecule has 0 saturated carbocycles. The van der Waals surface area contributed by atoms with Gasteiger partial charge in [0.2, 0.25) is 11.6 Å². The summed E-state index contributed by atoms with van der Waals surface area (Å²) < 4.78 is 48.0. The maximum atomic E-state index is 12.7. The fourth-order valence-corrected chi connectivity index (χ4v) is 1.56. The molecule has 0 aliphatic rings. The zero-order valence-electron chi connectivity index (χ0n) is 9.79. The average Bonchev–Trinajstić information content (AvgIpc) is 2.74. The zero-order valence-corrected chi connectivity index (χ0v) is 10.5. The average molecular weight is 292 g/mol. The fraction of sp³-hybridized carbons (Fsp3) is 0.250. The predicted octanol–water partition coefficient (Wildman–Crippen LogP) is 4.41. The summed E-state index contributed by atoms with van der Waals surface area (Å²) >= 11 is 5.70. The Morgan fingerprint density at radius 1 is 1.26 bits per heavy atom. The van der Waals surface area contributed by atoms with Crippen molar-refractivity contribution >= 4 is 11.6 Å². The van der Waals surface area contributed by atoms with E-state index in [1.165, 1.54) is 24.3 Å². The lowest BCUT2D eigenvalue weighted by molar-refractivity contribution is -0.142. The number of hydrogen-bond donors (Lipinski definition) is 0. The minimum absolute atomic E-state index is 0.0539. The molecule has 2 aromatic rings. The van der Waals surface area contributed by atoms with Crippen LogP contribution in [0.4, 0.5) is 13.2 Å². The van der Waals surface area contributed by atoms with Gasteiger partial charge in [0.15, 0.2) is 0 Å². The van der Waals surface area contributed by atoms with Gasteiger partial charge in [-0.2, -0.15) is 13.2 Å². The highest BCUT2D eigenvalue weighted by atomic mass is 35.5. The van der Waals surface area contributed by atoms with Crippen LogP contribution in [0.5, 0.6) is 5.95 Å². The molecule has 0 aliphatic carbocycles. The van der Waals surface area contributed by atoms with Crippen molar-refractivity contribution in [1.29, 1.82) is 0 Å². The van der Waals surface area contributed by atoms with Crippen molar-refractivity contribution in [3.8, 4) is 17.4 Å². The number of aromatic nitrogens is 1. The second-order valence-corrected chi connectivity index (χ2v) is 4.03. The second kappa shape index (κ2) is 5.13. The van der Waals surface area contributed by atoms with E-state index in [0.29, 0.717) is 10.6 Å². The van der Waals surface area contributed by atoms with E-state index in [1.54, 1.807) is 6.92 Å². The molecular formula is C12H9ClF3NO2. The van der Waals surface area contributed by atoms with Crippen LogP contribution in [0.3, 0.4) is 0 Å². The molecule has 1 aromatic heterocycles. The Morgan fingerprint density at radius 3 is 2.42 bits per heavy atom. The van der Waals surface area contributed by atoms with Crippen LogP contribution >= 0.6 is 11.6 Å². The molecule has 1 heterocycles. The smallest absolute Gasteiger partial charge is 0.440 e. The number of hydrogen-bond acceptors (Lipinski definition) is 3. The first kappa shape index (κ1) is 13.7. The summed E-state index contributed by atoms with van der Waals surface area (Å²) in [5.41, 5.74) is -0.778. The summed E-state index contributed by atoms with van der Waals surface area (Å²) in [4.78, 5) is 3.44. The number of ether oxygens (including phenoxy) is 1. The van der Waals surface area contributed by atoms with Gasteiger partial charge in [0.25, 0.3) is 0 Å². The molecule has 102 valence electrons. The Bertz CT molecular complexity index is 563. The molecule has 3 nitrogen and oxygen atoms in total. The molecule has 0 atom stereocenters. The Morgan fingerprint density at radius 2 is 1.89 bits per heavy atom. The van der Waals surface area contributed by atoms with Gasteiger partial charge in [0.05, 0.1) is 6.61 Å². The molecule has 1 aromatic carbocycles. The minimum atomic E-state index is -4.63. The van der Waals surface area contributed by atoms with E-state index >= 15 is 0 Å². The van der Waals surface area contributed by atoms with Crippen LogP contribution in [0.25, 0.3) is 11.5 Å². The van der Waals surface area contributed by atoms with Gasteiger partial charge in [0.1, 0.15) is 0 Å². The lowest BCUT2D eigenvalue weighted by Crippen LogP contribution is -2.08. The first-order chi connectivity index (χ1) is 8.91. The minimum Gasteiger partial charge on any atom is -0.464 e. The van der Waals surface area contributed by atoms with E-state index in [2.05, 4.69) is 4.98 Å². The number of rotatable bonds is 3. The Labute approximate surface area is 112 Å². The van der Waals surface area contributed by atoms with Crippen LogP contribution in [0.15, 0.2) is 28.7 Å². The Kier molecular flexibility index (Phi) is 3.71. The largest absolute Gasteiger partial charge is 0.464 e. The van der Waals surface area contributed by atoms with Crippen molar-refractivity contribution in [3.05, 3.63) is 35.0 Å². The molecule has 0 unspecified atom stereocenters. The number of oxazole rings is 1. The number of nitrogens with zero attached hydrogens (tertiary/aromatic N) is 1. The third kappa shape index (κ3) is 3.01. The van der Waals surface area contributed by atoms with Crippen molar-refractivity contribution in [1.82, 2.24) is 4.98 Å². The summed E-state index contributed by atoms with van der Waals surface area (Å²) in [6, 6.07) is 6.11. The van der Waals surface area contributed by atoms with Crippen LogP contribution in [0, 0.1) is 0 Å². The van der Waals surface area contributed by atoms with Crippen LogP contribution in [0.1, 0.15) is 12.6 Å². The molecular weight excluding hydrogens is 283 g/mol. The highest BCUT2D eigenvalue weighted by molar-refractivity contribution is 6.30. The second-order valence-electron chi connectivity index (χ2n) is 3.59. The van der Waals surface area contributed by atoms with E-state index in [9.17, 15) is 13.2 Å². The van der Waals surface area contributed by atoms with Gasteiger partial charge in [0, 0.05) is 10.6 Å². The first-order valence-corrected chi connectivity index (χ1v) is 5.76. The third-order valence-electron chi connectivity index (χ3n) is 2.23. The van der Waals surface area contributed by atoms with E-state index in [-0.39, 0.29) is 12.5 Å². The van der Waals surface area contributed by atoms with Gasteiger partial charge in [-0.25, -0.2) is 4.98 Å². The number of alkyl halides is 3. The molecule has 0 bridgehead atoms. The molecule has 19 heavy (non-hydrogen) atoms. The van der Waals surface area contributed by atoms with Gasteiger partial charge in [-0.3, -0.25) is 0 Å². The summed E-state index contributed by atoms with van der Waals surface area (Å²) in [6.45, 7) is 1.61. The predicted molar refractivity (Wildman–Crippen MR) is 63.1 cm³/mol. The van der Waals surface area contributed by atoms with Crippen LogP contribution < -0.4 is 4.74 Å². The zero-order chi connectivity index (χ0) is 14.0. The fourth-order valence-electron chi connectivity index (χ4n) is 1.43. The number of benzene rings is 1. The molecule has 0 saturated heterocycles. The highest BCUT2D eigenvalue weighted by Gasteiger charge is 2.40. The normalized spacial score (nSPS) is 11.6. The van der Waals surface area contributed by atoms with E-state index in [4.69, 9.17) is 20.8 Å². The van der Waals surface area contributed by atoms with Crippen LogP contribution in [-0.4, -0.2) is 11.6 Å². The summed E-state index contributed by atoms with van der Waals surface area (Å²) in [5.74, 6) is -0.785. The summed E-state index contributed by atoms with van der Waals surface area (Å²) in [5, 5.41) is 0.469.